The lowest BCUT2D eigenvalue weighted by Gasteiger charge is -2.10. The second kappa shape index (κ2) is 7.07. The number of esters is 1. The van der Waals surface area contributed by atoms with Gasteiger partial charge < -0.3 is 4.74 Å². The SMILES string of the molecule is CCOC(=O)Cn1c(=O)n2nc(-c3cccnc3)nc2c2c3c(sc21)CCCC3. The van der Waals surface area contributed by atoms with E-state index < -0.39 is 5.97 Å². The van der Waals surface area contributed by atoms with Crippen LogP contribution in [0, 0.1) is 0 Å². The minimum atomic E-state index is -0.436. The smallest absolute Gasteiger partial charge is 0.352 e. The Morgan fingerprint density at radius 2 is 2.17 bits per heavy atom. The van der Waals surface area contributed by atoms with Crippen LogP contribution in [0.5, 0.6) is 0 Å². The van der Waals surface area contributed by atoms with Gasteiger partial charge in [0.15, 0.2) is 11.5 Å². The van der Waals surface area contributed by atoms with Crippen molar-refractivity contribution in [3.63, 3.8) is 0 Å². The van der Waals surface area contributed by atoms with E-state index in [-0.39, 0.29) is 18.8 Å². The van der Waals surface area contributed by atoms with Gasteiger partial charge in [0.2, 0.25) is 0 Å². The summed E-state index contributed by atoms with van der Waals surface area (Å²) in [5, 5.41) is 5.39. The predicted molar refractivity (Wildman–Crippen MR) is 109 cm³/mol. The van der Waals surface area contributed by atoms with Crippen molar-refractivity contribution in [2.24, 2.45) is 0 Å². The topological polar surface area (TPSA) is 91.4 Å². The first-order chi connectivity index (χ1) is 14.2. The maximum Gasteiger partial charge on any atom is 0.352 e. The summed E-state index contributed by atoms with van der Waals surface area (Å²) >= 11 is 1.58. The highest BCUT2D eigenvalue weighted by atomic mass is 32.1. The van der Waals surface area contributed by atoms with E-state index in [9.17, 15) is 9.59 Å². The summed E-state index contributed by atoms with van der Waals surface area (Å²) in [5.41, 5.74) is 2.12. The van der Waals surface area contributed by atoms with Gasteiger partial charge in [0.25, 0.3) is 0 Å². The Labute approximate surface area is 169 Å². The van der Waals surface area contributed by atoms with Gasteiger partial charge >= 0.3 is 11.7 Å². The quantitative estimate of drug-likeness (QED) is 0.481. The molecule has 148 valence electrons. The fourth-order valence-electron chi connectivity index (χ4n) is 3.87. The Balaban J connectivity index is 1.81. The molecule has 1 aliphatic rings. The zero-order valence-corrected chi connectivity index (χ0v) is 16.7. The van der Waals surface area contributed by atoms with Crippen LogP contribution >= 0.6 is 11.3 Å². The fourth-order valence-corrected chi connectivity index (χ4v) is 5.25. The molecule has 0 spiro atoms. The zero-order valence-electron chi connectivity index (χ0n) is 15.9. The van der Waals surface area contributed by atoms with E-state index >= 15 is 0 Å². The van der Waals surface area contributed by atoms with Crippen LogP contribution in [0.25, 0.3) is 27.3 Å². The number of hydrogen-bond acceptors (Lipinski definition) is 7. The first-order valence-electron chi connectivity index (χ1n) is 9.67. The molecule has 1 aliphatic carbocycles. The minimum absolute atomic E-state index is 0.138. The van der Waals surface area contributed by atoms with Gasteiger partial charge in [-0.3, -0.25) is 14.3 Å². The highest BCUT2D eigenvalue weighted by Crippen LogP contribution is 2.37. The molecule has 9 heteroatoms. The number of ether oxygens (including phenoxy) is 1. The molecule has 0 saturated heterocycles. The van der Waals surface area contributed by atoms with Crippen LogP contribution in [-0.2, 0) is 28.9 Å². The Kier molecular flexibility index (Phi) is 4.39. The summed E-state index contributed by atoms with van der Waals surface area (Å²) in [6.07, 6.45) is 7.51. The standard InChI is InChI=1S/C20H19N5O3S/c1-2-28-15(26)11-24-19-16(13-7-3-4-8-14(13)29-19)18-22-17(23-25(18)20(24)27)12-6-5-9-21-10-12/h5-6,9-10H,2-4,7-8,11H2,1H3. The number of fused-ring (bicyclic) bond motifs is 5. The normalized spacial score (nSPS) is 13.7. The third kappa shape index (κ3) is 2.93. The molecule has 8 nitrogen and oxygen atoms in total. The maximum atomic E-state index is 13.2. The van der Waals surface area contributed by atoms with Crippen molar-refractivity contribution in [2.45, 2.75) is 39.2 Å². The first kappa shape index (κ1) is 18.0. The van der Waals surface area contributed by atoms with Gasteiger partial charge in [-0.1, -0.05) is 0 Å². The number of hydrogen-bond donors (Lipinski definition) is 0. The van der Waals surface area contributed by atoms with Crippen LogP contribution in [0.2, 0.25) is 0 Å². The van der Waals surface area contributed by atoms with Crippen LogP contribution in [0.1, 0.15) is 30.2 Å². The van der Waals surface area contributed by atoms with Crippen LogP contribution < -0.4 is 5.69 Å². The minimum Gasteiger partial charge on any atom is -0.465 e. The second-order valence-electron chi connectivity index (χ2n) is 6.98. The van der Waals surface area contributed by atoms with Crippen molar-refractivity contribution < 1.29 is 9.53 Å². The molecule has 0 atom stereocenters. The van der Waals surface area contributed by atoms with E-state index in [1.54, 1.807) is 30.7 Å². The first-order valence-corrected chi connectivity index (χ1v) is 10.5. The number of carbonyl (C=O) groups is 1. The molecule has 0 aliphatic heterocycles. The molecule has 0 aromatic carbocycles. The average Bonchev–Trinajstić information content (AvgIpc) is 3.34. The highest BCUT2D eigenvalue weighted by Gasteiger charge is 2.25. The fraction of sp³-hybridized carbons (Fsp3) is 0.350. The van der Waals surface area contributed by atoms with E-state index in [0.717, 1.165) is 41.5 Å². The van der Waals surface area contributed by atoms with Gasteiger partial charge in [0.1, 0.15) is 11.4 Å². The van der Waals surface area contributed by atoms with E-state index in [1.807, 2.05) is 12.1 Å². The largest absolute Gasteiger partial charge is 0.465 e. The molecule has 5 rings (SSSR count). The lowest BCUT2D eigenvalue weighted by molar-refractivity contribution is -0.143. The molecule has 4 aromatic rings. The van der Waals surface area contributed by atoms with Crippen LogP contribution in [0.15, 0.2) is 29.3 Å². The van der Waals surface area contributed by atoms with Crippen LogP contribution in [-0.4, -0.2) is 36.7 Å². The lowest BCUT2D eigenvalue weighted by atomic mass is 9.97. The van der Waals surface area contributed by atoms with E-state index in [2.05, 4.69) is 10.1 Å². The van der Waals surface area contributed by atoms with Gasteiger partial charge in [-0.05, 0) is 50.3 Å². The second-order valence-corrected chi connectivity index (χ2v) is 8.06. The summed E-state index contributed by atoms with van der Waals surface area (Å²) < 4.78 is 7.88. The number of aryl methyl sites for hydroxylation is 2. The van der Waals surface area contributed by atoms with E-state index in [4.69, 9.17) is 9.72 Å². The van der Waals surface area contributed by atoms with Gasteiger partial charge in [0, 0.05) is 22.8 Å². The number of thiophene rings is 1. The van der Waals surface area contributed by atoms with Crippen LogP contribution in [0.4, 0.5) is 0 Å². The van der Waals surface area contributed by atoms with E-state index in [0.29, 0.717) is 11.5 Å². The van der Waals surface area contributed by atoms with Gasteiger partial charge in [-0.2, -0.15) is 4.52 Å². The number of nitrogens with zero attached hydrogens (tertiary/aromatic N) is 5. The molecular formula is C20H19N5O3S. The number of rotatable bonds is 4. The average molecular weight is 409 g/mol. The molecule has 29 heavy (non-hydrogen) atoms. The summed E-state index contributed by atoms with van der Waals surface area (Å²) in [5.74, 6) is 0.00960. The van der Waals surface area contributed by atoms with Crippen molar-refractivity contribution in [1.82, 2.24) is 24.1 Å². The summed E-state index contributed by atoms with van der Waals surface area (Å²) in [6, 6.07) is 3.67. The van der Waals surface area contributed by atoms with Crippen molar-refractivity contribution in [3.05, 3.63) is 45.5 Å². The lowest BCUT2D eigenvalue weighted by Crippen LogP contribution is -2.30. The zero-order chi connectivity index (χ0) is 20.0. The summed E-state index contributed by atoms with van der Waals surface area (Å²) in [4.78, 5) is 36.3. The van der Waals surface area contributed by atoms with Crippen molar-refractivity contribution >= 4 is 33.2 Å². The molecule has 4 heterocycles. The summed E-state index contributed by atoms with van der Waals surface area (Å²) in [7, 11) is 0. The Morgan fingerprint density at radius 1 is 1.31 bits per heavy atom. The summed E-state index contributed by atoms with van der Waals surface area (Å²) in [6.45, 7) is 1.88. The number of aromatic nitrogens is 5. The highest BCUT2D eigenvalue weighted by molar-refractivity contribution is 7.19. The van der Waals surface area contributed by atoms with Crippen molar-refractivity contribution in [2.75, 3.05) is 6.61 Å². The maximum absolute atomic E-state index is 13.2. The van der Waals surface area contributed by atoms with Gasteiger partial charge in [-0.25, -0.2) is 9.78 Å². The molecule has 0 N–H and O–H groups in total. The van der Waals surface area contributed by atoms with Crippen LogP contribution in [0.3, 0.4) is 0 Å². The molecule has 0 radical (unpaired) electrons. The van der Waals surface area contributed by atoms with Crippen molar-refractivity contribution in [1.29, 1.82) is 0 Å². The third-order valence-corrected chi connectivity index (χ3v) is 6.47. The molecule has 0 saturated carbocycles. The Bertz CT molecular complexity index is 1290. The third-order valence-electron chi connectivity index (χ3n) is 5.15. The molecule has 0 unspecified atom stereocenters. The Hall–Kier alpha value is -3.07. The molecule has 0 fully saturated rings. The Morgan fingerprint density at radius 3 is 2.97 bits per heavy atom. The molecular weight excluding hydrogens is 390 g/mol. The molecule has 4 aromatic heterocycles. The van der Waals surface area contributed by atoms with Gasteiger partial charge in [0.05, 0.1) is 12.0 Å². The van der Waals surface area contributed by atoms with E-state index in [1.165, 1.54) is 19.5 Å². The molecule has 0 bridgehead atoms. The predicted octanol–water partition coefficient (Wildman–Crippen LogP) is 2.61. The van der Waals surface area contributed by atoms with Crippen molar-refractivity contribution in [3.8, 4) is 11.4 Å². The van der Waals surface area contributed by atoms with Gasteiger partial charge in [-0.15, -0.1) is 16.4 Å². The monoisotopic (exact) mass is 409 g/mol. The number of carbonyl (C=O) groups excluding carboxylic acids is 1. The number of pyridine rings is 1. The molecule has 0 amide bonds.